The molecule has 0 bridgehead atoms. The minimum Gasteiger partial charge on any atom is -0.370 e. The van der Waals surface area contributed by atoms with Crippen molar-refractivity contribution in [1.82, 2.24) is 9.97 Å². The Labute approximate surface area is 67.1 Å². The molecule has 3 nitrogen and oxygen atoms in total. The van der Waals surface area contributed by atoms with E-state index in [2.05, 4.69) is 28.7 Å². The third kappa shape index (κ3) is 1.90. The van der Waals surface area contributed by atoms with Crippen LogP contribution in [0.15, 0.2) is 18.7 Å². The number of hydrogen-bond donors (Lipinski definition) is 0. The molecule has 0 N–H and O–H groups in total. The Morgan fingerprint density at radius 2 is 1.73 bits per heavy atom. The molecule has 0 aliphatic heterocycles. The summed E-state index contributed by atoms with van der Waals surface area (Å²) in [6.07, 6.45) is 5.22. The SMILES string of the molecule is CCN(CC)c1cncnc1. The minimum absolute atomic E-state index is 1.00. The first-order valence-corrected chi connectivity index (χ1v) is 3.88. The first kappa shape index (κ1) is 7.98. The molecule has 1 heterocycles. The zero-order valence-corrected chi connectivity index (χ0v) is 6.99. The fraction of sp³-hybridized carbons (Fsp3) is 0.500. The van der Waals surface area contributed by atoms with E-state index in [1.54, 1.807) is 6.33 Å². The fourth-order valence-electron chi connectivity index (χ4n) is 1.04. The van der Waals surface area contributed by atoms with Gasteiger partial charge in [-0.3, -0.25) is 0 Å². The molecule has 0 radical (unpaired) electrons. The Balaban J connectivity index is 2.74. The van der Waals surface area contributed by atoms with Crippen molar-refractivity contribution in [2.45, 2.75) is 13.8 Å². The molecular weight excluding hydrogens is 138 g/mol. The third-order valence-corrected chi connectivity index (χ3v) is 1.68. The van der Waals surface area contributed by atoms with Crippen LogP contribution in [0.5, 0.6) is 0 Å². The number of hydrogen-bond acceptors (Lipinski definition) is 3. The van der Waals surface area contributed by atoms with Crippen LogP contribution in [0.4, 0.5) is 5.69 Å². The van der Waals surface area contributed by atoms with Crippen LogP contribution >= 0.6 is 0 Å². The lowest BCUT2D eigenvalue weighted by atomic mass is 10.4. The van der Waals surface area contributed by atoms with Gasteiger partial charge in [-0.05, 0) is 13.8 Å². The Morgan fingerprint density at radius 3 is 2.18 bits per heavy atom. The maximum atomic E-state index is 3.95. The van der Waals surface area contributed by atoms with Crippen molar-refractivity contribution < 1.29 is 0 Å². The smallest absolute Gasteiger partial charge is 0.115 e. The summed E-state index contributed by atoms with van der Waals surface area (Å²) in [6.45, 7) is 6.25. The van der Waals surface area contributed by atoms with E-state index in [1.165, 1.54) is 0 Å². The monoisotopic (exact) mass is 151 g/mol. The van der Waals surface area contributed by atoms with E-state index >= 15 is 0 Å². The highest BCUT2D eigenvalue weighted by Crippen LogP contribution is 2.07. The van der Waals surface area contributed by atoms with Crippen LogP contribution in [-0.4, -0.2) is 23.1 Å². The molecule has 0 fully saturated rings. The van der Waals surface area contributed by atoms with Gasteiger partial charge in [-0.15, -0.1) is 0 Å². The van der Waals surface area contributed by atoms with Crippen LogP contribution in [-0.2, 0) is 0 Å². The summed E-state index contributed by atoms with van der Waals surface area (Å²) in [5.74, 6) is 0. The van der Waals surface area contributed by atoms with E-state index in [0.29, 0.717) is 0 Å². The molecular formula is C8H13N3. The lowest BCUT2D eigenvalue weighted by Crippen LogP contribution is -2.21. The van der Waals surface area contributed by atoms with Gasteiger partial charge in [-0.2, -0.15) is 0 Å². The van der Waals surface area contributed by atoms with Crippen molar-refractivity contribution in [1.29, 1.82) is 0 Å². The van der Waals surface area contributed by atoms with Crippen LogP contribution < -0.4 is 4.90 Å². The summed E-state index contributed by atoms with van der Waals surface area (Å²) in [5.41, 5.74) is 1.09. The molecule has 0 aliphatic carbocycles. The van der Waals surface area contributed by atoms with Crippen molar-refractivity contribution in [2.75, 3.05) is 18.0 Å². The summed E-state index contributed by atoms with van der Waals surface area (Å²) in [4.78, 5) is 10.1. The molecule has 0 spiro atoms. The predicted octanol–water partition coefficient (Wildman–Crippen LogP) is 1.32. The molecule has 1 rings (SSSR count). The lowest BCUT2D eigenvalue weighted by Gasteiger charge is -2.19. The van der Waals surface area contributed by atoms with Gasteiger partial charge in [0.2, 0.25) is 0 Å². The Kier molecular flexibility index (Phi) is 2.83. The summed E-state index contributed by atoms with van der Waals surface area (Å²) < 4.78 is 0. The fourth-order valence-corrected chi connectivity index (χ4v) is 1.04. The number of aromatic nitrogens is 2. The highest BCUT2D eigenvalue weighted by Gasteiger charge is 1.99. The second kappa shape index (κ2) is 3.91. The van der Waals surface area contributed by atoms with Crippen molar-refractivity contribution in [3.63, 3.8) is 0 Å². The predicted molar refractivity (Wildman–Crippen MR) is 45.6 cm³/mol. The second-order valence-corrected chi connectivity index (χ2v) is 2.27. The molecule has 0 amide bonds. The van der Waals surface area contributed by atoms with Gasteiger partial charge < -0.3 is 4.90 Å². The van der Waals surface area contributed by atoms with Crippen molar-refractivity contribution in [3.8, 4) is 0 Å². The highest BCUT2D eigenvalue weighted by atomic mass is 15.1. The second-order valence-electron chi connectivity index (χ2n) is 2.27. The molecule has 0 saturated carbocycles. The van der Waals surface area contributed by atoms with Crippen LogP contribution in [0.2, 0.25) is 0 Å². The first-order chi connectivity index (χ1) is 5.38. The summed E-state index contributed by atoms with van der Waals surface area (Å²) in [7, 11) is 0. The molecule has 3 heteroatoms. The molecule has 60 valence electrons. The van der Waals surface area contributed by atoms with E-state index in [9.17, 15) is 0 Å². The normalized spacial score (nSPS) is 9.64. The Bertz CT molecular complexity index is 194. The number of rotatable bonds is 3. The summed E-state index contributed by atoms with van der Waals surface area (Å²) in [5, 5.41) is 0. The molecule has 0 aliphatic rings. The maximum absolute atomic E-state index is 3.95. The van der Waals surface area contributed by atoms with Gasteiger partial charge in [0, 0.05) is 13.1 Å². The van der Waals surface area contributed by atoms with E-state index in [0.717, 1.165) is 18.8 Å². The van der Waals surface area contributed by atoms with Gasteiger partial charge in [0.1, 0.15) is 6.33 Å². The van der Waals surface area contributed by atoms with E-state index in [4.69, 9.17) is 0 Å². The highest BCUT2D eigenvalue weighted by molar-refractivity contribution is 5.40. The molecule has 1 aromatic rings. The largest absolute Gasteiger partial charge is 0.370 e. The van der Waals surface area contributed by atoms with E-state index < -0.39 is 0 Å². The number of nitrogens with zero attached hydrogens (tertiary/aromatic N) is 3. The average Bonchev–Trinajstić information content (AvgIpc) is 2.09. The summed E-state index contributed by atoms with van der Waals surface area (Å²) >= 11 is 0. The first-order valence-electron chi connectivity index (χ1n) is 3.88. The van der Waals surface area contributed by atoms with Gasteiger partial charge in [-0.1, -0.05) is 0 Å². The zero-order valence-electron chi connectivity index (χ0n) is 6.99. The van der Waals surface area contributed by atoms with Gasteiger partial charge >= 0.3 is 0 Å². The molecule has 0 atom stereocenters. The van der Waals surface area contributed by atoms with Gasteiger partial charge in [-0.25, -0.2) is 9.97 Å². The van der Waals surface area contributed by atoms with Gasteiger partial charge in [0.15, 0.2) is 0 Å². The molecule has 11 heavy (non-hydrogen) atoms. The van der Waals surface area contributed by atoms with Crippen LogP contribution in [0.3, 0.4) is 0 Å². The van der Waals surface area contributed by atoms with Crippen molar-refractivity contribution in [3.05, 3.63) is 18.7 Å². The van der Waals surface area contributed by atoms with Gasteiger partial charge in [0.25, 0.3) is 0 Å². The maximum Gasteiger partial charge on any atom is 0.115 e. The quantitative estimate of drug-likeness (QED) is 0.652. The number of anilines is 1. The van der Waals surface area contributed by atoms with Crippen LogP contribution in [0.1, 0.15) is 13.8 Å². The zero-order chi connectivity index (χ0) is 8.10. The average molecular weight is 151 g/mol. The van der Waals surface area contributed by atoms with E-state index in [1.807, 2.05) is 12.4 Å². The standard InChI is InChI=1S/C8H13N3/c1-3-11(4-2)8-5-9-7-10-6-8/h5-7H,3-4H2,1-2H3. The van der Waals surface area contributed by atoms with Crippen LogP contribution in [0.25, 0.3) is 0 Å². The van der Waals surface area contributed by atoms with Gasteiger partial charge in [0.05, 0.1) is 18.1 Å². The lowest BCUT2D eigenvalue weighted by molar-refractivity contribution is 0.856. The van der Waals surface area contributed by atoms with E-state index in [-0.39, 0.29) is 0 Å². The Hall–Kier alpha value is -1.12. The Morgan fingerprint density at radius 1 is 1.18 bits per heavy atom. The van der Waals surface area contributed by atoms with Crippen LogP contribution in [0, 0.1) is 0 Å². The molecule has 0 aromatic carbocycles. The molecule has 0 saturated heterocycles. The summed E-state index contributed by atoms with van der Waals surface area (Å²) in [6, 6.07) is 0. The third-order valence-electron chi connectivity index (χ3n) is 1.68. The van der Waals surface area contributed by atoms with Crippen molar-refractivity contribution in [2.24, 2.45) is 0 Å². The minimum atomic E-state index is 1.00. The molecule has 0 unspecified atom stereocenters. The topological polar surface area (TPSA) is 29.0 Å². The molecule has 1 aromatic heterocycles. The van der Waals surface area contributed by atoms with Crippen molar-refractivity contribution >= 4 is 5.69 Å².